The number of hydrogen-bond acceptors (Lipinski definition) is 3. The van der Waals surface area contributed by atoms with Crippen molar-refractivity contribution in [2.45, 2.75) is 25.3 Å². The Bertz CT molecular complexity index is 830. The largest absolute Gasteiger partial charge is 0.339 e. The van der Waals surface area contributed by atoms with Crippen molar-refractivity contribution in [3.8, 4) is 0 Å². The first-order valence-corrected chi connectivity index (χ1v) is 10.3. The van der Waals surface area contributed by atoms with Gasteiger partial charge in [0.1, 0.15) is 0 Å². The lowest BCUT2D eigenvalue weighted by Crippen LogP contribution is -2.44. The van der Waals surface area contributed by atoms with E-state index in [1.54, 1.807) is 12.1 Å². The van der Waals surface area contributed by atoms with Gasteiger partial charge in [0, 0.05) is 28.8 Å². The molecule has 0 bridgehead atoms. The van der Waals surface area contributed by atoms with Crippen molar-refractivity contribution < 1.29 is 9.59 Å². The molecule has 0 spiro atoms. The number of piperidine rings is 1. The molecule has 148 valence electrons. The molecule has 1 N–H and O–H groups in total. The minimum absolute atomic E-state index is 0.00133. The molecule has 2 aromatic rings. The van der Waals surface area contributed by atoms with Crippen LogP contribution in [0.3, 0.4) is 0 Å². The molecule has 0 atom stereocenters. The molecule has 0 saturated carbocycles. The Kier molecular flexibility index (Phi) is 6.86. The van der Waals surface area contributed by atoms with Gasteiger partial charge in [-0.05, 0) is 68.9 Å². The summed E-state index contributed by atoms with van der Waals surface area (Å²) in [6, 6.07) is 15.1. The second kappa shape index (κ2) is 9.34. The molecular formula is C22H26BrN3O2. The SMILES string of the molecule is CN1CCC(N(C)C(=O)c2cccc(NC(=O)Cc3ccc(Br)cc3)c2)CC1. The van der Waals surface area contributed by atoms with Gasteiger partial charge in [-0.1, -0.05) is 34.1 Å². The van der Waals surface area contributed by atoms with E-state index in [9.17, 15) is 9.59 Å². The molecule has 1 heterocycles. The van der Waals surface area contributed by atoms with Gasteiger partial charge < -0.3 is 15.1 Å². The second-order valence-corrected chi connectivity index (χ2v) is 8.30. The van der Waals surface area contributed by atoms with Crippen molar-refractivity contribution in [2.24, 2.45) is 0 Å². The summed E-state index contributed by atoms with van der Waals surface area (Å²) in [5.41, 5.74) is 2.18. The zero-order valence-corrected chi connectivity index (χ0v) is 17.9. The van der Waals surface area contributed by atoms with E-state index in [0.717, 1.165) is 36.0 Å². The fraction of sp³-hybridized carbons (Fsp3) is 0.364. The molecule has 0 unspecified atom stereocenters. The molecule has 5 nitrogen and oxygen atoms in total. The van der Waals surface area contributed by atoms with E-state index >= 15 is 0 Å². The van der Waals surface area contributed by atoms with E-state index in [-0.39, 0.29) is 17.9 Å². The second-order valence-electron chi connectivity index (χ2n) is 7.38. The first-order chi connectivity index (χ1) is 13.4. The summed E-state index contributed by atoms with van der Waals surface area (Å²) >= 11 is 3.39. The van der Waals surface area contributed by atoms with E-state index in [1.807, 2.05) is 48.3 Å². The Labute approximate surface area is 174 Å². The highest BCUT2D eigenvalue weighted by atomic mass is 79.9. The third-order valence-corrected chi connectivity index (χ3v) is 5.76. The number of benzene rings is 2. The van der Waals surface area contributed by atoms with Crippen LogP contribution in [0.5, 0.6) is 0 Å². The van der Waals surface area contributed by atoms with Crippen molar-refractivity contribution in [1.29, 1.82) is 0 Å². The molecule has 0 aliphatic carbocycles. The molecule has 2 aromatic carbocycles. The lowest BCUT2D eigenvalue weighted by Gasteiger charge is -2.35. The van der Waals surface area contributed by atoms with Crippen LogP contribution in [0.15, 0.2) is 53.0 Å². The molecule has 3 rings (SSSR count). The van der Waals surface area contributed by atoms with Gasteiger partial charge in [-0.25, -0.2) is 0 Å². The van der Waals surface area contributed by atoms with Crippen LogP contribution < -0.4 is 5.32 Å². The molecule has 1 saturated heterocycles. The smallest absolute Gasteiger partial charge is 0.253 e. The maximum atomic E-state index is 12.9. The number of rotatable bonds is 5. The fourth-order valence-corrected chi connectivity index (χ4v) is 3.74. The van der Waals surface area contributed by atoms with Crippen LogP contribution in [0.1, 0.15) is 28.8 Å². The molecule has 1 fully saturated rings. The molecule has 2 amide bonds. The third-order valence-electron chi connectivity index (χ3n) is 5.23. The van der Waals surface area contributed by atoms with Crippen LogP contribution in [0, 0.1) is 0 Å². The maximum absolute atomic E-state index is 12.9. The molecule has 1 aliphatic heterocycles. The highest BCUT2D eigenvalue weighted by Gasteiger charge is 2.24. The number of anilines is 1. The van der Waals surface area contributed by atoms with Gasteiger partial charge in [-0.15, -0.1) is 0 Å². The van der Waals surface area contributed by atoms with Crippen LogP contribution in [0.2, 0.25) is 0 Å². The average molecular weight is 444 g/mol. The quantitative estimate of drug-likeness (QED) is 0.764. The van der Waals surface area contributed by atoms with Gasteiger partial charge in [0.2, 0.25) is 5.91 Å². The number of halogens is 1. The van der Waals surface area contributed by atoms with Crippen molar-refractivity contribution in [2.75, 3.05) is 32.5 Å². The monoisotopic (exact) mass is 443 g/mol. The number of carbonyl (C=O) groups excluding carboxylic acids is 2. The first-order valence-electron chi connectivity index (χ1n) is 9.52. The van der Waals surface area contributed by atoms with E-state index in [0.29, 0.717) is 17.7 Å². The van der Waals surface area contributed by atoms with Gasteiger partial charge in [-0.2, -0.15) is 0 Å². The van der Waals surface area contributed by atoms with Crippen LogP contribution in [0.25, 0.3) is 0 Å². The van der Waals surface area contributed by atoms with Crippen LogP contribution >= 0.6 is 15.9 Å². The average Bonchev–Trinajstić information content (AvgIpc) is 2.69. The molecule has 28 heavy (non-hydrogen) atoms. The van der Waals surface area contributed by atoms with Gasteiger partial charge in [0.25, 0.3) is 5.91 Å². The first kappa shape index (κ1) is 20.6. The van der Waals surface area contributed by atoms with Gasteiger partial charge in [-0.3, -0.25) is 9.59 Å². The molecule has 0 aromatic heterocycles. The Balaban J connectivity index is 1.62. The minimum atomic E-state index is -0.101. The van der Waals surface area contributed by atoms with Crippen LogP contribution in [-0.2, 0) is 11.2 Å². The Morgan fingerprint density at radius 1 is 1.14 bits per heavy atom. The van der Waals surface area contributed by atoms with Gasteiger partial charge >= 0.3 is 0 Å². The number of amides is 2. The van der Waals surface area contributed by atoms with E-state index in [4.69, 9.17) is 0 Å². The number of hydrogen-bond donors (Lipinski definition) is 1. The summed E-state index contributed by atoms with van der Waals surface area (Å²) < 4.78 is 0.983. The molecule has 0 radical (unpaired) electrons. The summed E-state index contributed by atoms with van der Waals surface area (Å²) in [7, 11) is 3.98. The van der Waals surface area contributed by atoms with E-state index in [1.165, 1.54) is 0 Å². The lowest BCUT2D eigenvalue weighted by molar-refractivity contribution is -0.115. The number of carbonyl (C=O) groups is 2. The predicted octanol–water partition coefficient (Wildman–Crippen LogP) is 3.80. The number of nitrogens with one attached hydrogen (secondary N) is 1. The molecule has 1 aliphatic rings. The number of nitrogens with zero attached hydrogens (tertiary/aromatic N) is 2. The van der Waals surface area contributed by atoms with E-state index in [2.05, 4.69) is 33.2 Å². The summed E-state index contributed by atoms with van der Waals surface area (Å²) in [4.78, 5) is 29.3. The van der Waals surface area contributed by atoms with Crippen molar-refractivity contribution in [1.82, 2.24) is 9.80 Å². The zero-order chi connectivity index (χ0) is 20.1. The van der Waals surface area contributed by atoms with Gasteiger partial charge in [0.05, 0.1) is 6.42 Å². The van der Waals surface area contributed by atoms with Crippen molar-refractivity contribution in [3.05, 3.63) is 64.1 Å². The summed E-state index contributed by atoms with van der Waals surface area (Å²) in [6.45, 7) is 2.02. The Morgan fingerprint density at radius 2 is 1.82 bits per heavy atom. The maximum Gasteiger partial charge on any atom is 0.253 e. The van der Waals surface area contributed by atoms with Crippen molar-refractivity contribution in [3.63, 3.8) is 0 Å². The topological polar surface area (TPSA) is 52.6 Å². The standard InChI is InChI=1S/C22H26BrN3O2/c1-25-12-10-20(11-13-25)26(2)22(28)17-4-3-5-19(15-17)24-21(27)14-16-6-8-18(23)9-7-16/h3-9,15,20H,10-14H2,1-2H3,(H,24,27). The van der Waals surface area contributed by atoms with E-state index < -0.39 is 0 Å². The third kappa shape index (κ3) is 5.42. The highest BCUT2D eigenvalue weighted by Crippen LogP contribution is 2.19. The van der Waals surface area contributed by atoms with Crippen molar-refractivity contribution >= 4 is 33.4 Å². The lowest BCUT2D eigenvalue weighted by atomic mass is 10.0. The zero-order valence-electron chi connectivity index (χ0n) is 16.3. The predicted molar refractivity (Wildman–Crippen MR) is 116 cm³/mol. The van der Waals surface area contributed by atoms with Crippen LogP contribution in [-0.4, -0.2) is 54.8 Å². The Hall–Kier alpha value is -2.18. The normalized spacial score (nSPS) is 15.2. The van der Waals surface area contributed by atoms with Gasteiger partial charge in [0.15, 0.2) is 0 Å². The molecule has 6 heteroatoms. The summed E-state index contributed by atoms with van der Waals surface area (Å²) in [5.74, 6) is -0.103. The Morgan fingerprint density at radius 3 is 2.50 bits per heavy atom. The fourth-order valence-electron chi connectivity index (χ4n) is 3.47. The number of likely N-dealkylation sites (tertiary alicyclic amines) is 1. The molecular weight excluding hydrogens is 418 g/mol. The highest BCUT2D eigenvalue weighted by molar-refractivity contribution is 9.10. The summed E-state index contributed by atoms with van der Waals surface area (Å²) in [5, 5.41) is 2.90. The van der Waals surface area contributed by atoms with Crippen LogP contribution in [0.4, 0.5) is 5.69 Å². The minimum Gasteiger partial charge on any atom is -0.339 e. The summed E-state index contributed by atoms with van der Waals surface area (Å²) in [6.07, 6.45) is 2.27.